The van der Waals surface area contributed by atoms with Gasteiger partial charge in [0.25, 0.3) is 0 Å². The zero-order valence-corrected chi connectivity index (χ0v) is 15.4. The number of halogens is 1. The number of hydrogen-bond donors (Lipinski definition) is 1. The summed E-state index contributed by atoms with van der Waals surface area (Å²) in [7, 11) is 0. The minimum Gasteiger partial charge on any atom is -0.352 e. The van der Waals surface area contributed by atoms with Crippen LogP contribution in [0, 0.1) is 5.92 Å². The number of nitrogens with zero attached hydrogens (tertiary/aromatic N) is 1. The first-order valence-corrected chi connectivity index (χ1v) is 9.81. The van der Waals surface area contributed by atoms with Crippen molar-refractivity contribution in [3.63, 3.8) is 0 Å². The van der Waals surface area contributed by atoms with Crippen molar-refractivity contribution >= 4 is 17.5 Å². The Morgan fingerprint density at radius 2 is 1.71 bits per heavy atom. The van der Waals surface area contributed by atoms with E-state index in [0.717, 1.165) is 42.4 Å². The van der Waals surface area contributed by atoms with Crippen LogP contribution in [0.1, 0.15) is 63.5 Å². The predicted octanol–water partition coefficient (Wildman–Crippen LogP) is 4.56. The van der Waals surface area contributed by atoms with Crippen LogP contribution in [0.4, 0.5) is 0 Å². The summed E-state index contributed by atoms with van der Waals surface area (Å²) in [5.41, 5.74) is 1.06. The number of piperidine rings is 1. The summed E-state index contributed by atoms with van der Waals surface area (Å²) >= 11 is 6.04. The number of benzene rings is 1. The fourth-order valence-electron chi connectivity index (χ4n) is 3.99. The Kier molecular flexibility index (Phi) is 6.18. The van der Waals surface area contributed by atoms with E-state index in [9.17, 15) is 4.79 Å². The molecule has 2 fully saturated rings. The molecule has 1 amide bonds. The maximum atomic E-state index is 13.1. The normalized spacial score (nSPS) is 22.2. The molecule has 1 aromatic carbocycles. The van der Waals surface area contributed by atoms with Crippen molar-refractivity contribution in [2.75, 3.05) is 13.1 Å². The van der Waals surface area contributed by atoms with Crippen molar-refractivity contribution in [2.24, 2.45) is 5.92 Å². The largest absolute Gasteiger partial charge is 0.352 e. The van der Waals surface area contributed by atoms with Gasteiger partial charge in [-0.1, -0.05) is 49.9 Å². The summed E-state index contributed by atoms with van der Waals surface area (Å²) in [6.07, 6.45) is 8.35. The molecule has 1 N–H and O–H groups in total. The highest BCUT2D eigenvalue weighted by atomic mass is 35.5. The van der Waals surface area contributed by atoms with Crippen molar-refractivity contribution in [2.45, 2.75) is 64.0 Å². The molecule has 0 spiro atoms. The zero-order valence-electron chi connectivity index (χ0n) is 14.6. The molecule has 1 aromatic rings. The third kappa shape index (κ3) is 4.52. The van der Waals surface area contributed by atoms with E-state index in [2.05, 4.69) is 17.1 Å². The van der Waals surface area contributed by atoms with Crippen LogP contribution in [0.2, 0.25) is 5.02 Å². The molecule has 4 heteroatoms. The summed E-state index contributed by atoms with van der Waals surface area (Å²) in [6, 6.07) is 7.97. The van der Waals surface area contributed by atoms with Gasteiger partial charge in [-0.2, -0.15) is 0 Å². The van der Waals surface area contributed by atoms with E-state index < -0.39 is 0 Å². The molecule has 1 aliphatic carbocycles. The molecule has 1 saturated heterocycles. The van der Waals surface area contributed by atoms with Gasteiger partial charge < -0.3 is 5.32 Å². The Bertz CT molecular complexity index is 531. The second-order valence-corrected chi connectivity index (χ2v) is 7.95. The SMILES string of the molecule is CC1CCN([C@@H](C(=O)NC2CCCCC2)c2ccc(Cl)cc2)CC1. The molecule has 0 aromatic heterocycles. The van der Waals surface area contributed by atoms with E-state index >= 15 is 0 Å². The molecule has 3 nitrogen and oxygen atoms in total. The average molecular weight is 349 g/mol. The Hall–Kier alpha value is -1.06. The highest BCUT2D eigenvalue weighted by Gasteiger charge is 2.31. The Morgan fingerprint density at radius 3 is 2.33 bits per heavy atom. The van der Waals surface area contributed by atoms with Crippen LogP contribution >= 0.6 is 11.6 Å². The second-order valence-electron chi connectivity index (χ2n) is 7.52. The average Bonchev–Trinajstić information content (AvgIpc) is 2.59. The van der Waals surface area contributed by atoms with Crippen LogP contribution in [-0.4, -0.2) is 29.9 Å². The lowest BCUT2D eigenvalue weighted by Gasteiger charge is -2.37. The van der Waals surface area contributed by atoms with Gasteiger partial charge in [-0.3, -0.25) is 9.69 Å². The molecule has 0 unspecified atom stereocenters. The van der Waals surface area contributed by atoms with Crippen molar-refractivity contribution in [3.05, 3.63) is 34.9 Å². The molecule has 24 heavy (non-hydrogen) atoms. The van der Waals surface area contributed by atoms with E-state index in [4.69, 9.17) is 11.6 Å². The van der Waals surface area contributed by atoms with Crippen LogP contribution < -0.4 is 5.32 Å². The molecule has 1 heterocycles. The van der Waals surface area contributed by atoms with Crippen molar-refractivity contribution in [1.29, 1.82) is 0 Å². The summed E-state index contributed by atoms with van der Waals surface area (Å²) in [5, 5.41) is 4.05. The van der Waals surface area contributed by atoms with Crippen LogP contribution in [0.3, 0.4) is 0 Å². The zero-order chi connectivity index (χ0) is 16.9. The molecule has 1 saturated carbocycles. The third-order valence-electron chi connectivity index (χ3n) is 5.57. The maximum absolute atomic E-state index is 13.1. The van der Waals surface area contributed by atoms with Gasteiger partial charge in [-0.25, -0.2) is 0 Å². The molecular weight excluding hydrogens is 320 g/mol. The number of carbonyl (C=O) groups is 1. The van der Waals surface area contributed by atoms with Gasteiger partial charge in [0.05, 0.1) is 0 Å². The predicted molar refractivity (Wildman–Crippen MR) is 99.2 cm³/mol. The maximum Gasteiger partial charge on any atom is 0.242 e. The summed E-state index contributed by atoms with van der Waals surface area (Å²) in [6.45, 7) is 4.29. The minimum atomic E-state index is -0.184. The molecule has 2 aliphatic rings. The fourth-order valence-corrected chi connectivity index (χ4v) is 4.11. The first-order chi connectivity index (χ1) is 11.6. The molecular formula is C20H29ClN2O. The molecule has 132 valence electrons. The third-order valence-corrected chi connectivity index (χ3v) is 5.82. The number of likely N-dealkylation sites (tertiary alicyclic amines) is 1. The highest BCUT2D eigenvalue weighted by molar-refractivity contribution is 6.30. The van der Waals surface area contributed by atoms with E-state index in [-0.39, 0.29) is 11.9 Å². The van der Waals surface area contributed by atoms with Gasteiger partial charge in [-0.05, 0) is 62.4 Å². The van der Waals surface area contributed by atoms with Gasteiger partial charge in [0.2, 0.25) is 5.91 Å². The van der Waals surface area contributed by atoms with Gasteiger partial charge >= 0.3 is 0 Å². The molecule has 0 radical (unpaired) electrons. The van der Waals surface area contributed by atoms with E-state index in [0.29, 0.717) is 6.04 Å². The van der Waals surface area contributed by atoms with Gasteiger partial charge in [-0.15, -0.1) is 0 Å². The van der Waals surface area contributed by atoms with Crippen LogP contribution in [0.15, 0.2) is 24.3 Å². The number of nitrogens with one attached hydrogen (secondary N) is 1. The molecule has 1 atom stereocenters. The molecule has 0 bridgehead atoms. The van der Waals surface area contributed by atoms with E-state index in [1.165, 1.54) is 32.1 Å². The highest BCUT2D eigenvalue weighted by Crippen LogP contribution is 2.29. The second kappa shape index (κ2) is 8.35. The monoisotopic (exact) mass is 348 g/mol. The van der Waals surface area contributed by atoms with Gasteiger partial charge in [0.15, 0.2) is 0 Å². The number of rotatable bonds is 4. The smallest absolute Gasteiger partial charge is 0.242 e. The fraction of sp³-hybridized carbons (Fsp3) is 0.650. The van der Waals surface area contributed by atoms with E-state index in [1.54, 1.807) is 0 Å². The first-order valence-electron chi connectivity index (χ1n) is 9.43. The summed E-state index contributed by atoms with van der Waals surface area (Å²) in [4.78, 5) is 15.4. The van der Waals surface area contributed by atoms with Crippen molar-refractivity contribution in [3.8, 4) is 0 Å². The Balaban J connectivity index is 1.75. The van der Waals surface area contributed by atoms with Gasteiger partial charge in [0.1, 0.15) is 6.04 Å². The number of amides is 1. The minimum absolute atomic E-state index is 0.166. The lowest BCUT2D eigenvalue weighted by Crippen LogP contribution is -2.47. The van der Waals surface area contributed by atoms with Crippen molar-refractivity contribution < 1.29 is 4.79 Å². The Morgan fingerprint density at radius 1 is 1.08 bits per heavy atom. The van der Waals surface area contributed by atoms with Gasteiger partial charge in [0, 0.05) is 11.1 Å². The summed E-state index contributed by atoms with van der Waals surface area (Å²) < 4.78 is 0. The lowest BCUT2D eigenvalue weighted by atomic mass is 9.93. The lowest BCUT2D eigenvalue weighted by molar-refractivity contribution is -0.128. The van der Waals surface area contributed by atoms with E-state index in [1.807, 2.05) is 24.3 Å². The number of hydrogen-bond acceptors (Lipinski definition) is 2. The molecule has 3 rings (SSSR count). The first kappa shape index (κ1) is 17.8. The Labute approximate surface area is 150 Å². The van der Waals surface area contributed by atoms with Crippen LogP contribution in [0.5, 0.6) is 0 Å². The van der Waals surface area contributed by atoms with Crippen LogP contribution in [0.25, 0.3) is 0 Å². The van der Waals surface area contributed by atoms with Crippen molar-refractivity contribution in [1.82, 2.24) is 10.2 Å². The number of carbonyl (C=O) groups excluding carboxylic acids is 1. The standard InChI is InChI=1S/C20H29ClN2O/c1-15-11-13-23(14-12-15)19(16-7-9-17(21)10-8-16)20(24)22-18-5-3-2-4-6-18/h7-10,15,18-19H,2-6,11-14H2,1H3,(H,22,24)/t19-/m1/s1. The molecule has 1 aliphatic heterocycles. The quantitative estimate of drug-likeness (QED) is 0.864. The van der Waals surface area contributed by atoms with Crippen LogP contribution in [-0.2, 0) is 4.79 Å². The topological polar surface area (TPSA) is 32.3 Å². The summed E-state index contributed by atoms with van der Waals surface area (Å²) in [5.74, 6) is 0.923.